The number of aromatic amines is 1. The summed E-state index contributed by atoms with van der Waals surface area (Å²) in [6.07, 6.45) is 3.78. The second-order valence-corrected chi connectivity index (χ2v) is 7.49. The number of benzene rings is 1. The van der Waals surface area contributed by atoms with Gasteiger partial charge >= 0.3 is 6.09 Å². The number of nitrogens with one attached hydrogen (secondary N) is 1. The Morgan fingerprint density at radius 1 is 1.16 bits per heavy atom. The Labute approximate surface area is 150 Å². The molecule has 1 saturated heterocycles. The molecule has 1 aromatic heterocycles. The maximum Gasteiger partial charge on any atom is 0.410 e. The van der Waals surface area contributed by atoms with Gasteiger partial charge in [-0.05, 0) is 51.2 Å². The quantitative estimate of drug-likeness (QED) is 0.814. The van der Waals surface area contributed by atoms with Crippen LogP contribution in [0.2, 0.25) is 0 Å². The molecule has 0 unspecified atom stereocenters. The summed E-state index contributed by atoms with van der Waals surface area (Å²) in [4.78, 5) is 13.4. The van der Waals surface area contributed by atoms with E-state index in [-0.39, 0.29) is 11.7 Å². The number of piperidine rings is 1. The van der Waals surface area contributed by atoms with Crippen LogP contribution in [-0.4, -0.2) is 39.9 Å². The molecule has 1 N–H and O–H groups in total. The van der Waals surface area contributed by atoms with E-state index in [1.165, 1.54) is 5.56 Å². The Hall–Kier alpha value is -2.30. The molecule has 1 fully saturated rings. The van der Waals surface area contributed by atoms with Crippen molar-refractivity contribution in [3.8, 4) is 11.3 Å². The topological polar surface area (TPSA) is 58.2 Å². The summed E-state index contributed by atoms with van der Waals surface area (Å²) in [5.74, 6) is 0.744. The van der Waals surface area contributed by atoms with Crippen LogP contribution in [0, 0.1) is 5.92 Å². The number of rotatable bonds is 1. The lowest BCUT2D eigenvalue weighted by molar-refractivity contribution is 0.0190. The molecule has 0 bridgehead atoms. The lowest BCUT2D eigenvalue weighted by atomic mass is 10.00. The van der Waals surface area contributed by atoms with Gasteiger partial charge in [-0.3, -0.25) is 5.10 Å². The SMILES string of the molecule is CC1CCN(C(=O)OC(C)(C)C)CC1.c1ccc(-c2ccn[nH]2)cc1. The minimum absolute atomic E-state index is 0.163. The Morgan fingerprint density at radius 3 is 2.32 bits per heavy atom. The predicted molar refractivity (Wildman–Crippen MR) is 100 cm³/mol. The standard InChI is InChI=1S/C11H21NO2.C9H8N2/c1-9-5-7-12(8-6-9)10(13)14-11(2,3)4;1-2-4-8(5-3-1)9-6-7-10-11-9/h9H,5-8H2,1-4H3;1-7H,(H,10,11). The maximum atomic E-state index is 11.6. The normalized spacial score (nSPS) is 15.3. The maximum absolute atomic E-state index is 11.6. The van der Waals surface area contributed by atoms with E-state index in [9.17, 15) is 4.79 Å². The zero-order valence-electron chi connectivity index (χ0n) is 15.7. The van der Waals surface area contributed by atoms with E-state index in [4.69, 9.17) is 4.74 Å². The minimum atomic E-state index is -0.375. The van der Waals surface area contributed by atoms with Gasteiger partial charge in [-0.1, -0.05) is 37.3 Å². The molecule has 0 spiro atoms. The number of likely N-dealkylation sites (tertiary alicyclic amines) is 1. The van der Waals surface area contributed by atoms with Crippen LogP contribution < -0.4 is 0 Å². The van der Waals surface area contributed by atoms with Gasteiger partial charge in [0.15, 0.2) is 0 Å². The molecule has 0 saturated carbocycles. The average Bonchev–Trinajstić information content (AvgIpc) is 3.10. The van der Waals surface area contributed by atoms with E-state index in [1.807, 2.05) is 62.1 Å². The molecule has 1 amide bonds. The van der Waals surface area contributed by atoms with Crippen molar-refractivity contribution < 1.29 is 9.53 Å². The van der Waals surface area contributed by atoms with Crippen molar-refractivity contribution in [3.63, 3.8) is 0 Å². The van der Waals surface area contributed by atoms with Crippen molar-refractivity contribution in [2.24, 2.45) is 5.92 Å². The number of nitrogens with zero attached hydrogens (tertiary/aromatic N) is 2. The first-order valence-electron chi connectivity index (χ1n) is 8.88. The van der Waals surface area contributed by atoms with E-state index in [0.29, 0.717) is 0 Å². The van der Waals surface area contributed by atoms with Gasteiger partial charge in [-0.2, -0.15) is 5.10 Å². The third kappa shape index (κ3) is 6.61. The highest BCUT2D eigenvalue weighted by atomic mass is 16.6. The van der Waals surface area contributed by atoms with Crippen molar-refractivity contribution in [1.82, 2.24) is 15.1 Å². The Bertz CT molecular complexity index is 625. The monoisotopic (exact) mass is 343 g/mol. The van der Waals surface area contributed by atoms with E-state index in [2.05, 4.69) is 17.1 Å². The van der Waals surface area contributed by atoms with E-state index < -0.39 is 0 Å². The summed E-state index contributed by atoms with van der Waals surface area (Å²) in [5, 5.41) is 6.78. The highest BCUT2D eigenvalue weighted by molar-refractivity contribution is 5.68. The zero-order valence-corrected chi connectivity index (χ0v) is 15.7. The number of carbonyl (C=O) groups excluding carboxylic acids is 1. The van der Waals surface area contributed by atoms with Crippen LogP contribution in [0.3, 0.4) is 0 Å². The second kappa shape index (κ2) is 8.70. The van der Waals surface area contributed by atoms with Gasteiger partial charge in [0, 0.05) is 19.3 Å². The van der Waals surface area contributed by atoms with Crippen molar-refractivity contribution in [2.75, 3.05) is 13.1 Å². The predicted octanol–water partition coefficient (Wildman–Crippen LogP) is 4.73. The fraction of sp³-hybridized carbons (Fsp3) is 0.500. The van der Waals surface area contributed by atoms with Crippen LogP contribution in [0.4, 0.5) is 4.79 Å². The molecule has 5 heteroatoms. The highest BCUT2D eigenvalue weighted by Crippen LogP contribution is 2.18. The number of carbonyl (C=O) groups is 1. The highest BCUT2D eigenvalue weighted by Gasteiger charge is 2.25. The molecule has 3 rings (SSSR count). The van der Waals surface area contributed by atoms with Crippen molar-refractivity contribution >= 4 is 6.09 Å². The molecular formula is C20H29N3O2. The van der Waals surface area contributed by atoms with Crippen LogP contribution in [0.1, 0.15) is 40.5 Å². The summed E-state index contributed by atoms with van der Waals surface area (Å²) < 4.78 is 5.30. The van der Waals surface area contributed by atoms with Gasteiger partial charge in [0.05, 0.1) is 5.69 Å². The van der Waals surface area contributed by atoms with Gasteiger partial charge < -0.3 is 9.64 Å². The van der Waals surface area contributed by atoms with Crippen molar-refractivity contribution in [2.45, 2.75) is 46.1 Å². The number of aromatic nitrogens is 2. The van der Waals surface area contributed by atoms with Crippen LogP contribution in [-0.2, 0) is 4.74 Å². The molecule has 0 atom stereocenters. The first-order chi connectivity index (χ1) is 11.8. The smallest absolute Gasteiger partial charge is 0.410 e. The van der Waals surface area contributed by atoms with Gasteiger partial charge in [-0.25, -0.2) is 4.79 Å². The molecule has 2 aromatic rings. The van der Waals surface area contributed by atoms with Crippen LogP contribution >= 0.6 is 0 Å². The molecule has 1 aromatic carbocycles. The van der Waals surface area contributed by atoms with Gasteiger partial charge in [0.2, 0.25) is 0 Å². The lowest BCUT2D eigenvalue weighted by Gasteiger charge is -2.32. The summed E-state index contributed by atoms with van der Waals surface area (Å²) in [7, 11) is 0. The molecule has 0 radical (unpaired) electrons. The fourth-order valence-electron chi connectivity index (χ4n) is 2.55. The van der Waals surface area contributed by atoms with Crippen molar-refractivity contribution in [3.05, 3.63) is 42.6 Å². The fourth-order valence-corrected chi connectivity index (χ4v) is 2.55. The number of ether oxygens (including phenoxy) is 1. The Kier molecular flexibility index (Phi) is 6.62. The van der Waals surface area contributed by atoms with Crippen LogP contribution in [0.15, 0.2) is 42.6 Å². The molecule has 5 nitrogen and oxygen atoms in total. The molecule has 1 aliphatic heterocycles. The molecule has 0 aliphatic carbocycles. The van der Waals surface area contributed by atoms with Crippen molar-refractivity contribution in [1.29, 1.82) is 0 Å². The first kappa shape index (κ1) is 19.0. The number of hydrogen-bond donors (Lipinski definition) is 1. The summed E-state index contributed by atoms with van der Waals surface area (Å²) in [6.45, 7) is 9.62. The molecule has 2 heterocycles. The van der Waals surface area contributed by atoms with E-state index >= 15 is 0 Å². The third-order valence-corrected chi connectivity index (χ3v) is 4.02. The largest absolute Gasteiger partial charge is 0.444 e. The van der Waals surface area contributed by atoms with Crippen LogP contribution in [0.5, 0.6) is 0 Å². The van der Waals surface area contributed by atoms with E-state index in [0.717, 1.165) is 37.5 Å². The second-order valence-electron chi connectivity index (χ2n) is 7.49. The molecular weight excluding hydrogens is 314 g/mol. The number of H-pyrrole nitrogens is 1. The summed E-state index contributed by atoms with van der Waals surface area (Å²) >= 11 is 0. The molecule has 25 heavy (non-hydrogen) atoms. The average molecular weight is 343 g/mol. The number of hydrogen-bond acceptors (Lipinski definition) is 3. The summed E-state index contributed by atoms with van der Waals surface area (Å²) in [5.41, 5.74) is 1.86. The third-order valence-electron chi connectivity index (χ3n) is 4.02. The van der Waals surface area contributed by atoms with Gasteiger partial charge in [0.1, 0.15) is 5.60 Å². The van der Waals surface area contributed by atoms with Gasteiger partial charge in [0.25, 0.3) is 0 Å². The number of amides is 1. The summed E-state index contributed by atoms with van der Waals surface area (Å²) in [6, 6.07) is 12.1. The van der Waals surface area contributed by atoms with Gasteiger partial charge in [-0.15, -0.1) is 0 Å². The minimum Gasteiger partial charge on any atom is -0.444 e. The lowest BCUT2D eigenvalue weighted by Crippen LogP contribution is -2.41. The Morgan fingerprint density at radius 2 is 1.80 bits per heavy atom. The first-order valence-corrected chi connectivity index (χ1v) is 8.88. The van der Waals surface area contributed by atoms with Crippen LogP contribution in [0.25, 0.3) is 11.3 Å². The molecule has 1 aliphatic rings. The zero-order chi connectivity index (χ0) is 18.3. The molecule has 136 valence electrons. The Balaban J connectivity index is 0.000000185. The van der Waals surface area contributed by atoms with E-state index in [1.54, 1.807) is 6.20 Å².